The number of sulfonamides is 1. The largest absolute Gasteiger partial charge is 0.484 e. The van der Waals surface area contributed by atoms with Crippen molar-refractivity contribution in [1.29, 1.82) is 0 Å². The van der Waals surface area contributed by atoms with Gasteiger partial charge in [-0.25, -0.2) is 8.42 Å². The highest BCUT2D eigenvalue weighted by atomic mass is 32.2. The summed E-state index contributed by atoms with van der Waals surface area (Å²) >= 11 is 0. The van der Waals surface area contributed by atoms with Gasteiger partial charge >= 0.3 is 0 Å². The van der Waals surface area contributed by atoms with Crippen LogP contribution >= 0.6 is 0 Å². The number of carbonyl (C=O) groups excluding carboxylic acids is 1. The summed E-state index contributed by atoms with van der Waals surface area (Å²) in [6, 6.07) is 23.6. The van der Waals surface area contributed by atoms with Crippen LogP contribution in [0.5, 0.6) is 5.75 Å². The number of para-hydroxylation sites is 1. The predicted molar refractivity (Wildman–Crippen MR) is 131 cm³/mol. The zero-order chi connectivity index (χ0) is 24.3. The number of nitrogens with zero attached hydrogens (tertiary/aromatic N) is 2. The maximum Gasteiger partial charge on any atom is 0.260 e. The lowest BCUT2D eigenvalue weighted by Gasteiger charge is -2.37. The molecule has 2 aliphatic rings. The summed E-state index contributed by atoms with van der Waals surface area (Å²) in [4.78, 5) is 14.3. The van der Waals surface area contributed by atoms with Crippen LogP contribution in [0.3, 0.4) is 0 Å². The maximum absolute atomic E-state index is 13.6. The fourth-order valence-electron chi connectivity index (χ4n) is 4.28. The first-order valence-corrected chi connectivity index (χ1v) is 13.0. The zero-order valence-corrected chi connectivity index (χ0v) is 20.0. The van der Waals surface area contributed by atoms with Gasteiger partial charge in [-0.2, -0.15) is 4.31 Å². The minimum absolute atomic E-state index is 0.0527. The fourth-order valence-corrected chi connectivity index (χ4v) is 5.96. The summed E-state index contributed by atoms with van der Waals surface area (Å²) in [5, 5.41) is 3.39. The number of anilines is 1. The number of hydrogen-bond donors (Lipinski definition) is 1. The van der Waals surface area contributed by atoms with E-state index in [0.717, 1.165) is 11.1 Å². The maximum atomic E-state index is 13.6. The summed E-state index contributed by atoms with van der Waals surface area (Å²) in [5.74, 6) is 0.465. The van der Waals surface area contributed by atoms with Gasteiger partial charge in [0.15, 0.2) is 6.61 Å². The molecule has 0 aliphatic carbocycles. The second kappa shape index (κ2) is 10.1. The monoisotopic (exact) mass is 493 g/mol. The van der Waals surface area contributed by atoms with E-state index in [0.29, 0.717) is 37.7 Å². The second-order valence-electron chi connectivity index (χ2n) is 8.43. The van der Waals surface area contributed by atoms with Crippen molar-refractivity contribution in [3.8, 4) is 5.75 Å². The molecule has 35 heavy (non-hydrogen) atoms. The molecule has 3 aromatic rings. The summed E-state index contributed by atoms with van der Waals surface area (Å²) < 4.78 is 39.6. The third-order valence-corrected chi connectivity index (χ3v) is 8.03. The van der Waals surface area contributed by atoms with E-state index in [1.165, 1.54) is 4.31 Å². The SMILES string of the molecule is O=C(COc1ccc([C@H]2Nc3ccccc3S(=O)(=O)N2Cc2ccccc2)cc1)N1CCOCC1. The Morgan fingerprint density at radius 2 is 1.63 bits per heavy atom. The number of rotatable bonds is 6. The van der Waals surface area contributed by atoms with E-state index in [-0.39, 0.29) is 24.0 Å². The normalized spacial score (nSPS) is 19.4. The molecule has 3 aromatic carbocycles. The molecule has 0 saturated carbocycles. The topological polar surface area (TPSA) is 88.2 Å². The Morgan fingerprint density at radius 1 is 0.943 bits per heavy atom. The standard InChI is InChI=1S/C26H27N3O5S/c30-25(28-14-16-33-17-15-28)19-34-22-12-10-21(11-13-22)26-27-23-8-4-5-9-24(23)35(31,32)29(26)18-20-6-2-1-3-7-20/h1-13,26-27H,14-19H2/t26-/m0/s1. The van der Waals surface area contributed by atoms with Gasteiger partial charge in [-0.3, -0.25) is 4.79 Å². The molecule has 8 nitrogen and oxygen atoms in total. The average molecular weight is 494 g/mol. The lowest BCUT2D eigenvalue weighted by Crippen LogP contribution is -2.43. The molecule has 0 bridgehead atoms. The van der Waals surface area contributed by atoms with E-state index in [4.69, 9.17) is 9.47 Å². The van der Waals surface area contributed by atoms with Crippen LogP contribution in [0.4, 0.5) is 5.69 Å². The molecule has 2 aliphatic heterocycles. The highest BCUT2D eigenvalue weighted by Gasteiger charge is 2.38. The minimum atomic E-state index is -3.74. The second-order valence-corrected chi connectivity index (χ2v) is 10.3. The van der Waals surface area contributed by atoms with Crippen LogP contribution in [-0.4, -0.2) is 56.4 Å². The Hall–Kier alpha value is -3.40. The van der Waals surface area contributed by atoms with Crippen molar-refractivity contribution in [1.82, 2.24) is 9.21 Å². The van der Waals surface area contributed by atoms with E-state index in [1.807, 2.05) is 48.5 Å². The number of hydrogen-bond acceptors (Lipinski definition) is 6. The first-order chi connectivity index (χ1) is 17.0. The first-order valence-electron chi connectivity index (χ1n) is 11.5. The summed E-state index contributed by atoms with van der Waals surface area (Å²) in [6.07, 6.45) is -0.598. The highest BCUT2D eigenvalue weighted by Crippen LogP contribution is 2.39. The summed E-state index contributed by atoms with van der Waals surface area (Å²) in [5.41, 5.74) is 2.23. The van der Waals surface area contributed by atoms with E-state index in [1.54, 1.807) is 35.2 Å². The van der Waals surface area contributed by atoms with Gasteiger partial charge in [0.1, 0.15) is 16.8 Å². The van der Waals surface area contributed by atoms with Crippen LogP contribution in [0.25, 0.3) is 0 Å². The average Bonchev–Trinajstić information content (AvgIpc) is 2.90. The van der Waals surface area contributed by atoms with Gasteiger partial charge in [0, 0.05) is 19.6 Å². The Bertz CT molecular complexity index is 1280. The van der Waals surface area contributed by atoms with Gasteiger partial charge in [-0.1, -0.05) is 54.6 Å². The van der Waals surface area contributed by atoms with E-state index < -0.39 is 16.2 Å². The van der Waals surface area contributed by atoms with Crippen molar-refractivity contribution in [2.24, 2.45) is 0 Å². The molecule has 5 rings (SSSR count). The van der Waals surface area contributed by atoms with E-state index >= 15 is 0 Å². The number of morpholine rings is 1. The molecule has 182 valence electrons. The van der Waals surface area contributed by atoms with Crippen molar-refractivity contribution in [2.45, 2.75) is 17.6 Å². The van der Waals surface area contributed by atoms with Crippen molar-refractivity contribution >= 4 is 21.6 Å². The lowest BCUT2D eigenvalue weighted by molar-refractivity contribution is -0.137. The first kappa shape index (κ1) is 23.3. The minimum Gasteiger partial charge on any atom is -0.484 e. The van der Waals surface area contributed by atoms with Crippen molar-refractivity contribution in [3.63, 3.8) is 0 Å². The van der Waals surface area contributed by atoms with Crippen molar-refractivity contribution < 1.29 is 22.7 Å². The predicted octanol–water partition coefficient (Wildman–Crippen LogP) is 3.24. The summed E-state index contributed by atoms with van der Waals surface area (Å²) in [7, 11) is -3.74. The molecule has 0 aromatic heterocycles. The smallest absolute Gasteiger partial charge is 0.260 e. The molecular weight excluding hydrogens is 466 g/mol. The van der Waals surface area contributed by atoms with Crippen LogP contribution in [0, 0.1) is 0 Å². The molecule has 1 fully saturated rings. The third kappa shape index (κ3) is 5.02. The van der Waals surface area contributed by atoms with Gasteiger partial charge in [0.05, 0.1) is 18.9 Å². The number of benzene rings is 3. The number of carbonyl (C=O) groups is 1. The lowest BCUT2D eigenvalue weighted by atomic mass is 10.1. The van der Waals surface area contributed by atoms with Crippen molar-refractivity contribution in [3.05, 3.63) is 90.0 Å². The molecule has 9 heteroatoms. The molecule has 0 radical (unpaired) electrons. The van der Waals surface area contributed by atoms with Crippen molar-refractivity contribution in [2.75, 3.05) is 38.2 Å². The molecule has 1 amide bonds. The molecular formula is C26H27N3O5S. The Morgan fingerprint density at radius 3 is 2.37 bits per heavy atom. The number of amides is 1. The van der Waals surface area contributed by atoms with Crippen LogP contribution in [0.2, 0.25) is 0 Å². The summed E-state index contributed by atoms with van der Waals surface area (Å²) in [6.45, 7) is 2.40. The molecule has 1 N–H and O–H groups in total. The third-order valence-electron chi connectivity index (χ3n) is 6.16. The highest BCUT2D eigenvalue weighted by molar-refractivity contribution is 7.89. The van der Waals surface area contributed by atoms with Gasteiger partial charge in [-0.15, -0.1) is 0 Å². The number of ether oxygens (including phenoxy) is 2. The van der Waals surface area contributed by atoms with Gasteiger partial charge in [-0.05, 0) is 35.4 Å². The number of fused-ring (bicyclic) bond motifs is 1. The quantitative estimate of drug-likeness (QED) is 0.567. The molecule has 1 atom stereocenters. The van der Waals surface area contributed by atoms with Crippen LogP contribution < -0.4 is 10.1 Å². The van der Waals surface area contributed by atoms with E-state index in [2.05, 4.69) is 5.32 Å². The number of nitrogens with one attached hydrogen (secondary N) is 1. The van der Waals surface area contributed by atoms with Gasteiger partial charge < -0.3 is 19.7 Å². The van der Waals surface area contributed by atoms with Crippen LogP contribution in [-0.2, 0) is 26.1 Å². The van der Waals surface area contributed by atoms with Crippen LogP contribution in [0.1, 0.15) is 17.3 Å². The Kier molecular flexibility index (Phi) is 6.72. The molecule has 0 spiro atoms. The van der Waals surface area contributed by atoms with Gasteiger partial charge in [0.25, 0.3) is 5.91 Å². The molecule has 0 unspecified atom stereocenters. The van der Waals surface area contributed by atoms with E-state index in [9.17, 15) is 13.2 Å². The zero-order valence-electron chi connectivity index (χ0n) is 19.2. The molecule has 2 heterocycles. The van der Waals surface area contributed by atoms with Gasteiger partial charge in [0.2, 0.25) is 10.0 Å². The fraction of sp³-hybridized carbons (Fsp3) is 0.269. The molecule has 1 saturated heterocycles. The Labute approximate surface area is 205 Å². The van der Waals surface area contributed by atoms with Crippen LogP contribution in [0.15, 0.2) is 83.8 Å². The Balaban J connectivity index is 1.37.